The summed E-state index contributed by atoms with van der Waals surface area (Å²) in [4.78, 5) is 21.1. The van der Waals surface area contributed by atoms with Gasteiger partial charge in [-0.1, -0.05) is 53.1 Å². The van der Waals surface area contributed by atoms with E-state index in [1.54, 1.807) is 10.9 Å². The van der Waals surface area contributed by atoms with Gasteiger partial charge in [0.05, 0.1) is 11.9 Å². The first-order valence-electron chi connectivity index (χ1n) is 11.1. The average molecular weight is 444 g/mol. The highest BCUT2D eigenvalue weighted by Gasteiger charge is 2.25. The largest absolute Gasteiger partial charge is 0.441 e. The highest BCUT2D eigenvalue weighted by Crippen LogP contribution is 2.22. The first-order valence-corrected chi connectivity index (χ1v) is 11.1. The first kappa shape index (κ1) is 20.9. The second-order valence-corrected chi connectivity index (χ2v) is 8.08. The molecule has 2 aromatic carbocycles. The third kappa shape index (κ3) is 4.62. The predicted molar refractivity (Wildman–Crippen MR) is 123 cm³/mol. The zero-order valence-electron chi connectivity index (χ0n) is 18.5. The lowest BCUT2D eigenvalue weighted by molar-refractivity contribution is -0.131. The van der Waals surface area contributed by atoms with Crippen LogP contribution in [0.3, 0.4) is 0 Å². The van der Waals surface area contributed by atoms with E-state index in [9.17, 15) is 4.79 Å². The Labute approximate surface area is 191 Å². The van der Waals surface area contributed by atoms with Crippen LogP contribution in [0.1, 0.15) is 17.9 Å². The molecule has 0 saturated carbocycles. The standard InChI is InChI=1S/C24H25N7O2/c1-18-7-9-19(10-8-18)21-17-25-22(33-21)11-12-23(32)29-13-15-30(16-14-29)24-26-27-28-31(24)20-5-3-2-4-6-20/h2-10,17H,11-16H2,1H3. The molecule has 1 fully saturated rings. The minimum absolute atomic E-state index is 0.104. The number of aromatic nitrogens is 5. The lowest BCUT2D eigenvalue weighted by atomic mass is 10.1. The van der Waals surface area contributed by atoms with Crippen LogP contribution in [0, 0.1) is 6.92 Å². The van der Waals surface area contributed by atoms with Gasteiger partial charge in [0.2, 0.25) is 11.9 Å². The van der Waals surface area contributed by atoms with Gasteiger partial charge in [0.1, 0.15) is 0 Å². The molecule has 9 nitrogen and oxygen atoms in total. The van der Waals surface area contributed by atoms with Gasteiger partial charge in [-0.3, -0.25) is 4.79 Å². The van der Waals surface area contributed by atoms with E-state index < -0.39 is 0 Å². The van der Waals surface area contributed by atoms with E-state index in [1.165, 1.54) is 5.56 Å². The van der Waals surface area contributed by atoms with Crippen molar-refractivity contribution in [3.8, 4) is 17.0 Å². The van der Waals surface area contributed by atoms with E-state index in [1.807, 2.05) is 66.4 Å². The maximum Gasteiger partial charge on any atom is 0.250 e. The maximum atomic E-state index is 12.8. The molecule has 4 aromatic rings. The molecule has 0 N–H and O–H groups in total. The van der Waals surface area contributed by atoms with Gasteiger partial charge < -0.3 is 14.2 Å². The fourth-order valence-electron chi connectivity index (χ4n) is 3.92. The highest BCUT2D eigenvalue weighted by atomic mass is 16.4. The highest BCUT2D eigenvalue weighted by molar-refractivity contribution is 5.76. The number of nitrogens with zero attached hydrogens (tertiary/aromatic N) is 7. The number of anilines is 1. The van der Waals surface area contributed by atoms with E-state index in [2.05, 4.69) is 25.4 Å². The molecule has 0 atom stereocenters. The summed E-state index contributed by atoms with van der Waals surface area (Å²) in [5.41, 5.74) is 3.09. The van der Waals surface area contributed by atoms with E-state index in [-0.39, 0.29) is 5.91 Å². The summed E-state index contributed by atoms with van der Waals surface area (Å²) in [5.74, 6) is 2.10. The average Bonchev–Trinajstić information content (AvgIpc) is 3.54. The van der Waals surface area contributed by atoms with Gasteiger partial charge >= 0.3 is 0 Å². The molecular weight excluding hydrogens is 418 g/mol. The summed E-state index contributed by atoms with van der Waals surface area (Å²) in [5, 5.41) is 12.2. The van der Waals surface area contributed by atoms with Crippen molar-refractivity contribution in [1.82, 2.24) is 30.1 Å². The predicted octanol–water partition coefficient (Wildman–Crippen LogP) is 2.91. The monoisotopic (exact) mass is 443 g/mol. The fourth-order valence-corrected chi connectivity index (χ4v) is 3.92. The number of amides is 1. The minimum atomic E-state index is 0.104. The Morgan fingerprint density at radius 1 is 1.00 bits per heavy atom. The van der Waals surface area contributed by atoms with Crippen LogP contribution in [0.4, 0.5) is 5.95 Å². The second-order valence-electron chi connectivity index (χ2n) is 8.08. The van der Waals surface area contributed by atoms with E-state index in [4.69, 9.17) is 4.42 Å². The Morgan fingerprint density at radius 2 is 1.76 bits per heavy atom. The number of para-hydroxylation sites is 1. The van der Waals surface area contributed by atoms with Crippen molar-refractivity contribution in [2.75, 3.05) is 31.1 Å². The molecule has 33 heavy (non-hydrogen) atoms. The maximum absolute atomic E-state index is 12.8. The molecule has 2 aromatic heterocycles. The molecule has 1 amide bonds. The Balaban J connectivity index is 1.15. The number of rotatable bonds is 6. The first-order chi connectivity index (χ1) is 16.2. The molecule has 0 spiro atoms. The van der Waals surface area contributed by atoms with Crippen molar-refractivity contribution in [2.24, 2.45) is 0 Å². The molecule has 0 aliphatic carbocycles. The van der Waals surface area contributed by atoms with Crippen LogP contribution in [-0.2, 0) is 11.2 Å². The van der Waals surface area contributed by atoms with Crippen LogP contribution in [0.25, 0.3) is 17.0 Å². The lowest BCUT2D eigenvalue weighted by Gasteiger charge is -2.34. The molecule has 9 heteroatoms. The van der Waals surface area contributed by atoms with Crippen molar-refractivity contribution >= 4 is 11.9 Å². The minimum Gasteiger partial charge on any atom is -0.441 e. The molecule has 168 valence electrons. The Bertz CT molecular complexity index is 1210. The van der Waals surface area contributed by atoms with Crippen molar-refractivity contribution in [2.45, 2.75) is 19.8 Å². The number of benzene rings is 2. The number of carbonyl (C=O) groups excluding carboxylic acids is 1. The van der Waals surface area contributed by atoms with Crippen molar-refractivity contribution in [3.63, 3.8) is 0 Å². The van der Waals surface area contributed by atoms with Gasteiger partial charge in [-0.25, -0.2) is 4.98 Å². The summed E-state index contributed by atoms with van der Waals surface area (Å²) in [6.07, 6.45) is 2.58. The van der Waals surface area contributed by atoms with Gasteiger partial charge in [-0.2, -0.15) is 4.68 Å². The molecule has 3 heterocycles. The van der Waals surface area contributed by atoms with Crippen LogP contribution >= 0.6 is 0 Å². The SMILES string of the molecule is Cc1ccc(-c2cnc(CCC(=O)N3CCN(c4nnnn4-c4ccccc4)CC3)o2)cc1. The van der Waals surface area contributed by atoms with Crippen LogP contribution in [0.15, 0.2) is 65.2 Å². The van der Waals surface area contributed by atoms with Crippen LogP contribution in [0.2, 0.25) is 0 Å². The quantitative estimate of drug-likeness (QED) is 0.452. The van der Waals surface area contributed by atoms with Crippen LogP contribution in [-0.4, -0.2) is 62.2 Å². The van der Waals surface area contributed by atoms with Gasteiger partial charge in [0.15, 0.2) is 11.7 Å². The number of hydrogen-bond acceptors (Lipinski definition) is 7. The number of aryl methyl sites for hydroxylation is 2. The van der Waals surface area contributed by atoms with Gasteiger partial charge in [0.25, 0.3) is 0 Å². The zero-order valence-corrected chi connectivity index (χ0v) is 18.5. The summed E-state index contributed by atoms with van der Waals surface area (Å²) in [6, 6.07) is 17.9. The number of piperazine rings is 1. The topological polar surface area (TPSA) is 93.2 Å². The van der Waals surface area contributed by atoms with E-state index >= 15 is 0 Å². The Kier molecular flexibility index (Phi) is 5.84. The Morgan fingerprint density at radius 3 is 2.52 bits per heavy atom. The lowest BCUT2D eigenvalue weighted by Crippen LogP contribution is -2.49. The molecule has 0 radical (unpaired) electrons. The second kappa shape index (κ2) is 9.23. The Hall–Kier alpha value is -4.01. The number of tetrazole rings is 1. The smallest absolute Gasteiger partial charge is 0.250 e. The van der Waals surface area contributed by atoms with E-state index in [0.717, 1.165) is 17.0 Å². The normalized spacial score (nSPS) is 14.0. The third-order valence-corrected chi connectivity index (χ3v) is 5.81. The molecule has 0 bridgehead atoms. The molecular formula is C24H25N7O2. The van der Waals surface area contributed by atoms with Crippen LogP contribution in [0.5, 0.6) is 0 Å². The summed E-state index contributed by atoms with van der Waals surface area (Å²) in [7, 11) is 0. The summed E-state index contributed by atoms with van der Waals surface area (Å²) in [6.45, 7) is 4.65. The molecule has 5 rings (SSSR count). The van der Waals surface area contributed by atoms with Gasteiger partial charge in [-0.15, -0.1) is 0 Å². The fraction of sp³-hybridized carbons (Fsp3) is 0.292. The van der Waals surface area contributed by atoms with Crippen molar-refractivity contribution in [1.29, 1.82) is 0 Å². The molecule has 1 aliphatic heterocycles. The van der Waals surface area contributed by atoms with E-state index in [0.29, 0.717) is 50.9 Å². The number of oxazole rings is 1. The number of hydrogen-bond donors (Lipinski definition) is 0. The molecule has 0 unspecified atom stereocenters. The van der Waals surface area contributed by atoms with Gasteiger partial charge in [-0.05, 0) is 29.5 Å². The van der Waals surface area contributed by atoms with Crippen molar-refractivity contribution in [3.05, 3.63) is 72.2 Å². The van der Waals surface area contributed by atoms with Gasteiger partial charge in [0, 0.05) is 44.6 Å². The summed E-state index contributed by atoms with van der Waals surface area (Å²) >= 11 is 0. The summed E-state index contributed by atoms with van der Waals surface area (Å²) < 4.78 is 7.58. The molecule has 1 saturated heterocycles. The molecule has 1 aliphatic rings. The third-order valence-electron chi connectivity index (χ3n) is 5.81. The zero-order chi connectivity index (χ0) is 22.6. The van der Waals surface area contributed by atoms with Crippen LogP contribution < -0.4 is 4.90 Å². The number of carbonyl (C=O) groups is 1. The van der Waals surface area contributed by atoms with Crippen molar-refractivity contribution < 1.29 is 9.21 Å².